The molecule has 0 radical (unpaired) electrons. The fraction of sp³-hybridized carbons (Fsp3) is 0.200. The SMILES string of the molecule is CNS(=O)(=O)c1ccc(NC(C)(O)c2ccccc2)c(Br)c1. The number of nitrogens with one attached hydrogen (secondary N) is 2. The molecule has 0 fully saturated rings. The Balaban J connectivity index is 2.31. The van der Waals surface area contributed by atoms with E-state index in [1.165, 1.54) is 19.2 Å². The lowest BCUT2D eigenvalue weighted by Gasteiger charge is -2.27. The summed E-state index contributed by atoms with van der Waals surface area (Å²) in [6, 6.07) is 13.7. The van der Waals surface area contributed by atoms with Crippen molar-refractivity contribution >= 4 is 31.6 Å². The third-order valence-corrected chi connectivity index (χ3v) is 5.30. The van der Waals surface area contributed by atoms with Crippen LogP contribution < -0.4 is 10.0 Å². The van der Waals surface area contributed by atoms with Crippen LogP contribution in [0.1, 0.15) is 12.5 Å². The molecule has 1 atom stereocenters. The fourth-order valence-corrected chi connectivity index (χ4v) is 3.36. The molecule has 118 valence electrons. The topological polar surface area (TPSA) is 78.4 Å². The monoisotopic (exact) mass is 384 g/mol. The van der Waals surface area contributed by atoms with Gasteiger partial charge in [0.25, 0.3) is 0 Å². The van der Waals surface area contributed by atoms with Crippen LogP contribution in [0.25, 0.3) is 0 Å². The molecule has 0 aliphatic rings. The molecule has 5 nitrogen and oxygen atoms in total. The lowest BCUT2D eigenvalue weighted by atomic mass is 10.0. The maximum Gasteiger partial charge on any atom is 0.240 e. The summed E-state index contributed by atoms with van der Waals surface area (Å²) in [6.45, 7) is 1.63. The van der Waals surface area contributed by atoms with Crippen LogP contribution in [-0.4, -0.2) is 20.6 Å². The Bertz CT molecular complexity index is 762. The average Bonchev–Trinajstić information content (AvgIpc) is 2.50. The Morgan fingerprint density at radius 2 is 1.77 bits per heavy atom. The number of benzene rings is 2. The molecule has 2 aromatic carbocycles. The molecule has 22 heavy (non-hydrogen) atoms. The second-order valence-corrected chi connectivity index (χ2v) is 7.65. The molecule has 0 saturated heterocycles. The van der Waals surface area contributed by atoms with E-state index in [1.807, 2.05) is 18.2 Å². The van der Waals surface area contributed by atoms with Gasteiger partial charge in [0, 0.05) is 10.0 Å². The quantitative estimate of drug-likeness (QED) is 0.692. The zero-order valence-electron chi connectivity index (χ0n) is 12.2. The number of rotatable bonds is 5. The first-order valence-electron chi connectivity index (χ1n) is 6.55. The third-order valence-electron chi connectivity index (χ3n) is 3.23. The van der Waals surface area contributed by atoms with E-state index in [4.69, 9.17) is 0 Å². The van der Waals surface area contributed by atoms with Crippen LogP contribution in [0.5, 0.6) is 0 Å². The van der Waals surface area contributed by atoms with Crippen LogP contribution in [0.15, 0.2) is 57.9 Å². The fourth-order valence-electron chi connectivity index (χ4n) is 1.98. The first-order chi connectivity index (χ1) is 10.3. The second kappa shape index (κ2) is 6.37. The van der Waals surface area contributed by atoms with Crippen molar-refractivity contribution in [1.29, 1.82) is 0 Å². The highest BCUT2D eigenvalue weighted by molar-refractivity contribution is 9.10. The van der Waals surface area contributed by atoms with E-state index in [-0.39, 0.29) is 4.90 Å². The van der Waals surface area contributed by atoms with E-state index in [9.17, 15) is 13.5 Å². The van der Waals surface area contributed by atoms with Gasteiger partial charge in [0.05, 0.1) is 10.6 Å². The van der Waals surface area contributed by atoms with E-state index in [2.05, 4.69) is 26.0 Å². The average molecular weight is 385 g/mol. The zero-order chi connectivity index (χ0) is 16.4. The minimum absolute atomic E-state index is 0.145. The zero-order valence-corrected chi connectivity index (χ0v) is 14.6. The molecular formula is C15H17BrN2O3S. The summed E-state index contributed by atoms with van der Waals surface area (Å²) in [5, 5.41) is 13.6. The number of hydrogen-bond donors (Lipinski definition) is 3. The van der Waals surface area contributed by atoms with Gasteiger partial charge < -0.3 is 10.4 Å². The minimum atomic E-state index is -3.50. The highest BCUT2D eigenvalue weighted by Crippen LogP contribution is 2.30. The van der Waals surface area contributed by atoms with Gasteiger partial charge in [-0.1, -0.05) is 30.3 Å². The van der Waals surface area contributed by atoms with E-state index in [0.717, 1.165) is 0 Å². The lowest BCUT2D eigenvalue weighted by molar-refractivity contribution is 0.0887. The van der Waals surface area contributed by atoms with Gasteiger partial charge in [0.2, 0.25) is 10.0 Å². The Hall–Kier alpha value is -1.41. The minimum Gasteiger partial charge on any atom is -0.367 e. The molecule has 0 spiro atoms. The van der Waals surface area contributed by atoms with Crippen LogP contribution in [0, 0.1) is 0 Å². The number of halogens is 1. The van der Waals surface area contributed by atoms with Crippen LogP contribution >= 0.6 is 15.9 Å². The number of hydrogen-bond acceptors (Lipinski definition) is 4. The summed E-state index contributed by atoms with van der Waals surface area (Å²) in [6.07, 6.45) is 0. The van der Waals surface area contributed by atoms with Crippen LogP contribution in [0.4, 0.5) is 5.69 Å². The van der Waals surface area contributed by atoms with Crippen molar-refractivity contribution in [2.45, 2.75) is 17.5 Å². The molecule has 1 unspecified atom stereocenters. The maximum atomic E-state index is 11.8. The Labute approximate surface area is 138 Å². The summed E-state index contributed by atoms with van der Waals surface area (Å²) in [5.74, 6) is 0. The molecule has 0 bridgehead atoms. The first kappa shape index (κ1) is 17.0. The molecule has 0 amide bonds. The smallest absolute Gasteiger partial charge is 0.240 e. The highest BCUT2D eigenvalue weighted by Gasteiger charge is 2.23. The summed E-state index contributed by atoms with van der Waals surface area (Å²) >= 11 is 3.33. The first-order valence-corrected chi connectivity index (χ1v) is 8.83. The molecule has 0 aromatic heterocycles. The molecule has 0 heterocycles. The van der Waals surface area contributed by atoms with E-state index >= 15 is 0 Å². The van der Waals surface area contributed by atoms with Gasteiger partial charge in [0.1, 0.15) is 0 Å². The predicted octanol–water partition coefficient (Wildman–Crippen LogP) is 2.63. The molecular weight excluding hydrogens is 368 g/mol. The van der Waals surface area contributed by atoms with Crippen LogP contribution in [-0.2, 0) is 15.7 Å². The summed E-state index contributed by atoms with van der Waals surface area (Å²) in [4.78, 5) is 0.145. The van der Waals surface area contributed by atoms with Crippen molar-refractivity contribution in [3.63, 3.8) is 0 Å². The normalized spacial score (nSPS) is 14.4. The van der Waals surface area contributed by atoms with Gasteiger partial charge in [0.15, 0.2) is 5.72 Å². The van der Waals surface area contributed by atoms with Crippen molar-refractivity contribution in [3.05, 3.63) is 58.6 Å². The molecule has 0 aliphatic heterocycles. The summed E-state index contributed by atoms with van der Waals surface area (Å²) < 4.78 is 26.3. The van der Waals surface area contributed by atoms with Gasteiger partial charge in [-0.05, 0) is 48.1 Å². The van der Waals surface area contributed by atoms with Crippen LogP contribution in [0.3, 0.4) is 0 Å². The largest absolute Gasteiger partial charge is 0.367 e. The van der Waals surface area contributed by atoms with E-state index in [0.29, 0.717) is 15.7 Å². The third kappa shape index (κ3) is 3.67. The van der Waals surface area contributed by atoms with Crippen molar-refractivity contribution in [1.82, 2.24) is 4.72 Å². The molecule has 3 N–H and O–H groups in total. The Kier molecular flexibility index (Phi) is 4.91. The predicted molar refractivity (Wildman–Crippen MR) is 90.0 cm³/mol. The maximum absolute atomic E-state index is 11.8. The standard InChI is InChI=1S/C15H17BrN2O3S/c1-15(19,11-6-4-3-5-7-11)18-14-9-8-12(10-13(14)16)22(20,21)17-2/h3-10,17-19H,1-2H3. The number of aliphatic hydroxyl groups is 1. The molecule has 7 heteroatoms. The van der Waals surface area contributed by atoms with Gasteiger partial charge >= 0.3 is 0 Å². The van der Waals surface area contributed by atoms with Crippen molar-refractivity contribution < 1.29 is 13.5 Å². The van der Waals surface area contributed by atoms with Crippen molar-refractivity contribution in [2.75, 3.05) is 12.4 Å². The molecule has 2 rings (SSSR count). The lowest BCUT2D eigenvalue weighted by Crippen LogP contribution is -2.31. The second-order valence-electron chi connectivity index (χ2n) is 4.91. The van der Waals surface area contributed by atoms with Crippen LogP contribution in [0.2, 0.25) is 0 Å². The molecule has 2 aromatic rings. The highest BCUT2D eigenvalue weighted by atomic mass is 79.9. The molecule has 0 saturated carbocycles. The number of sulfonamides is 1. The van der Waals surface area contributed by atoms with Gasteiger partial charge in [-0.15, -0.1) is 0 Å². The Morgan fingerprint density at radius 3 is 2.32 bits per heavy atom. The Morgan fingerprint density at radius 1 is 1.14 bits per heavy atom. The summed E-state index contributed by atoms with van der Waals surface area (Å²) in [5.41, 5.74) is 0.00502. The van der Waals surface area contributed by atoms with E-state index < -0.39 is 15.7 Å². The van der Waals surface area contributed by atoms with Gasteiger partial charge in [-0.25, -0.2) is 13.1 Å². The summed E-state index contributed by atoms with van der Waals surface area (Å²) in [7, 11) is -2.15. The van der Waals surface area contributed by atoms with Gasteiger partial charge in [-0.3, -0.25) is 0 Å². The van der Waals surface area contributed by atoms with Crippen molar-refractivity contribution in [3.8, 4) is 0 Å². The number of anilines is 1. The molecule has 0 aliphatic carbocycles. The van der Waals surface area contributed by atoms with E-state index in [1.54, 1.807) is 25.1 Å². The van der Waals surface area contributed by atoms with Gasteiger partial charge in [-0.2, -0.15) is 0 Å². The van der Waals surface area contributed by atoms with Crippen molar-refractivity contribution in [2.24, 2.45) is 0 Å².